The molecule has 0 bridgehead atoms. The van der Waals surface area contributed by atoms with Crippen LogP contribution in [0.5, 0.6) is 5.75 Å². The lowest BCUT2D eigenvalue weighted by Gasteiger charge is -2.08. The second kappa shape index (κ2) is 8.49. The normalized spacial score (nSPS) is 10.5. The lowest BCUT2D eigenvalue weighted by molar-refractivity contribution is -0.121. The molecule has 0 saturated heterocycles. The third-order valence-corrected chi connectivity index (χ3v) is 4.71. The number of ether oxygens (including phenoxy) is 1. The van der Waals surface area contributed by atoms with E-state index in [9.17, 15) is 9.59 Å². The highest BCUT2D eigenvalue weighted by Gasteiger charge is 2.07. The van der Waals surface area contributed by atoms with Gasteiger partial charge in [-0.2, -0.15) is 11.3 Å². The van der Waals surface area contributed by atoms with Crippen LogP contribution in [-0.4, -0.2) is 25.5 Å². The van der Waals surface area contributed by atoms with Crippen LogP contribution in [0.15, 0.2) is 53.2 Å². The van der Waals surface area contributed by atoms with E-state index in [0.29, 0.717) is 18.7 Å². The molecule has 0 aliphatic heterocycles. The fourth-order valence-corrected chi connectivity index (χ4v) is 3.22. The molecule has 3 aromatic rings. The summed E-state index contributed by atoms with van der Waals surface area (Å²) in [6.07, 6.45) is 0.251. The molecule has 0 atom stereocenters. The molecule has 0 saturated carbocycles. The Morgan fingerprint density at radius 2 is 1.85 bits per heavy atom. The molecule has 0 fully saturated rings. The average molecular weight is 368 g/mol. The van der Waals surface area contributed by atoms with Crippen LogP contribution in [0.4, 0.5) is 0 Å². The van der Waals surface area contributed by atoms with Crippen LogP contribution in [0.25, 0.3) is 10.8 Å². The largest absolute Gasteiger partial charge is 0.497 e. The van der Waals surface area contributed by atoms with Crippen molar-refractivity contribution in [3.05, 3.63) is 64.4 Å². The molecule has 2 N–H and O–H groups in total. The van der Waals surface area contributed by atoms with Gasteiger partial charge in [0, 0.05) is 30.5 Å². The predicted molar refractivity (Wildman–Crippen MR) is 104 cm³/mol. The zero-order chi connectivity index (χ0) is 18.4. The van der Waals surface area contributed by atoms with Gasteiger partial charge in [-0.25, -0.2) is 0 Å². The second-order valence-electron chi connectivity index (χ2n) is 5.84. The summed E-state index contributed by atoms with van der Waals surface area (Å²) in [5, 5.41) is 11.4. The molecule has 0 aliphatic carbocycles. The molecular formula is C20H20N2O3S. The van der Waals surface area contributed by atoms with Crippen molar-refractivity contribution in [2.45, 2.75) is 13.0 Å². The number of fused-ring (bicyclic) bond motifs is 1. The fraction of sp³-hybridized carbons (Fsp3) is 0.200. The van der Waals surface area contributed by atoms with Gasteiger partial charge in [0.2, 0.25) is 5.91 Å². The summed E-state index contributed by atoms with van der Waals surface area (Å²) in [6.45, 7) is 0.775. The first-order valence-corrected chi connectivity index (χ1v) is 9.24. The molecule has 0 radical (unpaired) electrons. The quantitative estimate of drug-likeness (QED) is 0.672. The zero-order valence-corrected chi connectivity index (χ0v) is 15.3. The Hall–Kier alpha value is -2.86. The van der Waals surface area contributed by atoms with Crippen molar-refractivity contribution in [2.24, 2.45) is 0 Å². The van der Waals surface area contributed by atoms with Gasteiger partial charge in [0.25, 0.3) is 5.91 Å². The molecule has 1 heterocycles. The van der Waals surface area contributed by atoms with Gasteiger partial charge in [0.05, 0.1) is 7.11 Å². The monoisotopic (exact) mass is 368 g/mol. The van der Waals surface area contributed by atoms with E-state index in [1.807, 2.05) is 41.8 Å². The lowest BCUT2D eigenvalue weighted by atomic mass is 10.1. The number of methoxy groups -OCH3 is 1. The maximum absolute atomic E-state index is 12.0. The summed E-state index contributed by atoms with van der Waals surface area (Å²) < 4.78 is 5.22. The minimum Gasteiger partial charge on any atom is -0.497 e. The molecule has 2 aromatic carbocycles. The maximum atomic E-state index is 12.0. The fourth-order valence-electron chi connectivity index (χ4n) is 2.58. The molecule has 26 heavy (non-hydrogen) atoms. The molecule has 1 aromatic heterocycles. The van der Waals surface area contributed by atoms with Crippen LogP contribution >= 0.6 is 11.3 Å². The number of benzene rings is 2. The molecule has 3 rings (SSSR count). The first-order valence-electron chi connectivity index (χ1n) is 8.29. The Bertz CT molecular complexity index is 907. The average Bonchev–Trinajstić information content (AvgIpc) is 3.20. The SMILES string of the molecule is COc1ccc2cc(CNC(=O)CCNC(=O)c3ccsc3)ccc2c1. The lowest BCUT2D eigenvalue weighted by Crippen LogP contribution is -2.30. The molecule has 2 amide bonds. The number of hydrogen-bond donors (Lipinski definition) is 2. The Morgan fingerprint density at radius 3 is 2.62 bits per heavy atom. The zero-order valence-electron chi connectivity index (χ0n) is 14.5. The number of carbonyl (C=O) groups is 2. The molecular weight excluding hydrogens is 348 g/mol. The van der Waals surface area contributed by atoms with Gasteiger partial charge in [-0.05, 0) is 46.0 Å². The highest BCUT2D eigenvalue weighted by Crippen LogP contribution is 2.21. The molecule has 0 aliphatic rings. The van der Waals surface area contributed by atoms with Crippen molar-refractivity contribution >= 4 is 33.9 Å². The van der Waals surface area contributed by atoms with Crippen molar-refractivity contribution in [1.82, 2.24) is 10.6 Å². The molecule has 0 spiro atoms. The minimum absolute atomic E-state index is 0.0922. The summed E-state index contributed by atoms with van der Waals surface area (Å²) in [7, 11) is 1.65. The van der Waals surface area contributed by atoms with Crippen LogP contribution < -0.4 is 15.4 Å². The van der Waals surface area contributed by atoms with Crippen molar-refractivity contribution in [3.63, 3.8) is 0 Å². The number of carbonyl (C=O) groups excluding carboxylic acids is 2. The number of thiophene rings is 1. The minimum atomic E-state index is -0.149. The first kappa shape index (κ1) is 17.9. The van der Waals surface area contributed by atoms with E-state index in [2.05, 4.69) is 10.6 Å². The third-order valence-electron chi connectivity index (χ3n) is 4.02. The van der Waals surface area contributed by atoms with E-state index >= 15 is 0 Å². The van der Waals surface area contributed by atoms with Crippen molar-refractivity contribution < 1.29 is 14.3 Å². The van der Waals surface area contributed by atoms with Crippen molar-refractivity contribution in [2.75, 3.05) is 13.7 Å². The predicted octanol–water partition coefficient (Wildman–Crippen LogP) is 3.35. The Balaban J connectivity index is 1.46. The van der Waals surface area contributed by atoms with Gasteiger partial charge in [-0.3, -0.25) is 9.59 Å². The highest BCUT2D eigenvalue weighted by molar-refractivity contribution is 7.08. The highest BCUT2D eigenvalue weighted by atomic mass is 32.1. The molecule has 134 valence electrons. The third kappa shape index (κ3) is 4.61. The smallest absolute Gasteiger partial charge is 0.252 e. The number of amides is 2. The molecule has 0 unspecified atom stereocenters. The Kier molecular flexibility index (Phi) is 5.86. The number of hydrogen-bond acceptors (Lipinski definition) is 4. The van der Waals surface area contributed by atoms with Gasteiger partial charge >= 0.3 is 0 Å². The molecule has 6 heteroatoms. The topological polar surface area (TPSA) is 67.4 Å². The van der Waals surface area contributed by atoms with Crippen LogP contribution in [0.2, 0.25) is 0 Å². The summed E-state index contributed by atoms with van der Waals surface area (Å²) in [5.74, 6) is 0.581. The Morgan fingerprint density at radius 1 is 1.04 bits per heavy atom. The summed E-state index contributed by atoms with van der Waals surface area (Å²) in [5.41, 5.74) is 1.65. The van der Waals surface area contributed by atoms with E-state index in [0.717, 1.165) is 22.1 Å². The van der Waals surface area contributed by atoms with Crippen LogP contribution in [-0.2, 0) is 11.3 Å². The van der Waals surface area contributed by atoms with Crippen LogP contribution in [0, 0.1) is 0 Å². The van der Waals surface area contributed by atoms with E-state index in [1.165, 1.54) is 11.3 Å². The standard InChI is InChI=1S/C20H20N2O3S/c1-25-18-5-4-15-10-14(2-3-16(15)11-18)12-22-19(23)6-8-21-20(24)17-7-9-26-13-17/h2-5,7,9-11,13H,6,8,12H2,1H3,(H,21,24)(H,22,23). The van der Waals surface area contributed by atoms with Crippen molar-refractivity contribution in [1.29, 1.82) is 0 Å². The summed E-state index contributed by atoms with van der Waals surface area (Å²) in [4.78, 5) is 23.7. The summed E-state index contributed by atoms with van der Waals surface area (Å²) >= 11 is 1.47. The van der Waals surface area contributed by atoms with Gasteiger partial charge in [0.1, 0.15) is 5.75 Å². The van der Waals surface area contributed by atoms with E-state index < -0.39 is 0 Å². The van der Waals surface area contributed by atoms with Crippen molar-refractivity contribution in [3.8, 4) is 5.75 Å². The molecule has 5 nitrogen and oxygen atoms in total. The van der Waals surface area contributed by atoms with Crippen LogP contribution in [0.1, 0.15) is 22.3 Å². The maximum Gasteiger partial charge on any atom is 0.252 e. The second-order valence-corrected chi connectivity index (χ2v) is 6.62. The van der Waals surface area contributed by atoms with E-state index in [4.69, 9.17) is 4.74 Å². The van der Waals surface area contributed by atoms with Gasteiger partial charge in [-0.15, -0.1) is 0 Å². The number of nitrogens with one attached hydrogen (secondary N) is 2. The van der Waals surface area contributed by atoms with E-state index in [1.54, 1.807) is 18.6 Å². The number of rotatable bonds is 7. The van der Waals surface area contributed by atoms with Gasteiger partial charge in [0.15, 0.2) is 0 Å². The van der Waals surface area contributed by atoms with Gasteiger partial charge in [-0.1, -0.05) is 18.2 Å². The van der Waals surface area contributed by atoms with Gasteiger partial charge < -0.3 is 15.4 Å². The Labute approximate surface area is 156 Å². The van der Waals surface area contributed by atoms with E-state index in [-0.39, 0.29) is 18.2 Å². The van der Waals surface area contributed by atoms with Crippen LogP contribution in [0.3, 0.4) is 0 Å². The first-order chi connectivity index (χ1) is 12.7. The summed E-state index contributed by atoms with van der Waals surface area (Å²) in [6, 6.07) is 13.7.